The number of benzene rings is 1. The van der Waals surface area contributed by atoms with Crippen molar-refractivity contribution in [2.24, 2.45) is 11.3 Å². The number of nitro groups is 1. The fourth-order valence-corrected chi connectivity index (χ4v) is 4.59. The summed E-state index contributed by atoms with van der Waals surface area (Å²) >= 11 is 0. The predicted octanol–water partition coefficient (Wildman–Crippen LogP) is 2.33. The van der Waals surface area contributed by atoms with Crippen LogP contribution >= 0.6 is 0 Å². The van der Waals surface area contributed by atoms with Crippen molar-refractivity contribution in [3.8, 4) is 0 Å². The Balaban J connectivity index is 2.27. The largest absolute Gasteiger partial charge is 0.381 e. The van der Waals surface area contributed by atoms with Gasteiger partial charge in [-0.25, -0.2) is 0 Å². The number of Topliss-reactive ketones (excluding diaryl/α,β-unsaturated/α-hetero) is 1. The first-order valence-corrected chi connectivity index (χ1v) is 7.36. The number of carbonyl (C=O) groups is 1. The van der Waals surface area contributed by atoms with Crippen LogP contribution in [0, 0.1) is 21.4 Å². The number of ketones is 1. The zero-order valence-corrected chi connectivity index (χ0v) is 12.8. The van der Waals surface area contributed by atoms with E-state index in [-0.39, 0.29) is 10.7 Å². The normalized spacial score (nSPS) is 40.5. The molecule has 2 bridgehead atoms. The minimum atomic E-state index is -1.70. The number of hydrogen-bond acceptors (Lipinski definition) is 4. The number of allylic oxidation sites excluding steroid dienone is 1. The number of rotatable bonds is 2. The summed E-state index contributed by atoms with van der Waals surface area (Å²) in [4.78, 5) is 24.2. The van der Waals surface area contributed by atoms with E-state index in [9.17, 15) is 20.0 Å². The van der Waals surface area contributed by atoms with E-state index in [0.29, 0.717) is 0 Å². The van der Waals surface area contributed by atoms with Crippen molar-refractivity contribution >= 4 is 5.78 Å². The molecule has 0 unspecified atom stereocenters. The molecule has 116 valence electrons. The SMILES string of the molecule is CC1=C[C@]2(C)C(=O)[C@@](C)(O)[C@H]1[C@H]([N+](=O)[O-])[C@H]2c1ccccc1. The molecule has 5 atom stereocenters. The molecular weight excluding hydrogens is 282 g/mol. The summed E-state index contributed by atoms with van der Waals surface area (Å²) in [5.74, 6) is -1.69. The van der Waals surface area contributed by atoms with Crippen LogP contribution in [0.15, 0.2) is 42.0 Å². The van der Waals surface area contributed by atoms with Gasteiger partial charge >= 0.3 is 0 Å². The Morgan fingerprint density at radius 2 is 1.77 bits per heavy atom. The summed E-state index contributed by atoms with van der Waals surface area (Å²) in [6.07, 6.45) is 1.82. The van der Waals surface area contributed by atoms with Crippen molar-refractivity contribution in [1.29, 1.82) is 0 Å². The van der Waals surface area contributed by atoms with Crippen LogP contribution in [0.3, 0.4) is 0 Å². The van der Waals surface area contributed by atoms with Crippen molar-refractivity contribution < 1.29 is 14.8 Å². The smallest absolute Gasteiger partial charge is 0.230 e. The lowest BCUT2D eigenvalue weighted by Gasteiger charge is -2.54. The predicted molar refractivity (Wildman–Crippen MR) is 81.0 cm³/mol. The Hall–Kier alpha value is -2.01. The second-order valence-corrected chi connectivity index (χ2v) is 6.79. The van der Waals surface area contributed by atoms with E-state index in [1.54, 1.807) is 13.8 Å². The fraction of sp³-hybridized carbons (Fsp3) is 0.471. The molecule has 1 aromatic carbocycles. The van der Waals surface area contributed by atoms with Gasteiger partial charge in [0.05, 0.1) is 17.3 Å². The lowest BCUT2D eigenvalue weighted by atomic mass is 9.48. The molecule has 0 amide bonds. The van der Waals surface area contributed by atoms with E-state index in [2.05, 4.69) is 0 Å². The van der Waals surface area contributed by atoms with E-state index >= 15 is 0 Å². The monoisotopic (exact) mass is 301 g/mol. The molecule has 3 aliphatic carbocycles. The van der Waals surface area contributed by atoms with Crippen LogP contribution in [0.1, 0.15) is 32.3 Å². The van der Waals surface area contributed by atoms with Crippen LogP contribution in [0.2, 0.25) is 0 Å². The number of fused-ring (bicyclic) bond motifs is 2. The average Bonchev–Trinajstić information content (AvgIpc) is 2.44. The van der Waals surface area contributed by atoms with Crippen molar-refractivity contribution in [2.45, 2.75) is 38.3 Å². The standard InChI is InChI=1S/C17H19NO4/c1-10-9-16(2)13(11-7-5-4-6-8-11)14(18(21)22)12(10)17(3,20)15(16)19/h4-9,12-14,20H,1-3H3/t12-,13-,14+,16+,17+/m1/s1. The molecule has 4 rings (SSSR count). The molecule has 22 heavy (non-hydrogen) atoms. The highest BCUT2D eigenvalue weighted by molar-refractivity contribution is 5.98. The topological polar surface area (TPSA) is 80.4 Å². The summed E-state index contributed by atoms with van der Waals surface area (Å²) in [6.45, 7) is 4.88. The molecule has 0 radical (unpaired) electrons. The first-order valence-electron chi connectivity index (χ1n) is 7.36. The number of carbonyl (C=O) groups excluding carboxylic acids is 1. The van der Waals surface area contributed by atoms with E-state index in [1.807, 2.05) is 36.4 Å². The van der Waals surface area contributed by atoms with Gasteiger partial charge in [-0.05, 0) is 26.3 Å². The van der Waals surface area contributed by atoms with Gasteiger partial charge in [-0.3, -0.25) is 14.9 Å². The van der Waals surface area contributed by atoms with Crippen LogP contribution in [0.5, 0.6) is 0 Å². The lowest BCUT2D eigenvalue weighted by Crippen LogP contribution is -2.67. The molecule has 0 saturated heterocycles. The molecule has 5 heteroatoms. The van der Waals surface area contributed by atoms with Crippen LogP contribution < -0.4 is 0 Å². The average molecular weight is 301 g/mol. The van der Waals surface area contributed by atoms with Crippen LogP contribution in [0.4, 0.5) is 0 Å². The molecule has 5 nitrogen and oxygen atoms in total. The van der Waals surface area contributed by atoms with Crippen LogP contribution in [-0.4, -0.2) is 27.5 Å². The van der Waals surface area contributed by atoms with E-state index in [0.717, 1.165) is 11.1 Å². The molecule has 1 N–H and O–H groups in total. The zero-order chi connectivity index (χ0) is 16.3. The highest BCUT2D eigenvalue weighted by atomic mass is 16.6. The summed E-state index contributed by atoms with van der Waals surface area (Å²) in [6, 6.07) is 8.10. The summed E-state index contributed by atoms with van der Waals surface area (Å²) in [5.41, 5.74) is -1.27. The summed E-state index contributed by atoms with van der Waals surface area (Å²) in [5, 5.41) is 22.4. The second-order valence-electron chi connectivity index (χ2n) is 6.79. The molecule has 0 aromatic heterocycles. The van der Waals surface area contributed by atoms with Gasteiger partial charge in [-0.15, -0.1) is 0 Å². The van der Waals surface area contributed by atoms with Gasteiger partial charge in [0.2, 0.25) is 6.04 Å². The molecule has 0 heterocycles. The second kappa shape index (κ2) is 4.49. The summed E-state index contributed by atoms with van der Waals surface area (Å²) in [7, 11) is 0. The van der Waals surface area contributed by atoms with Gasteiger partial charge in [0, 0.05) is 4.92 Å². The van der Waals surface area contributed by atoms with Crippen molar-refractivity contribution in [2.75, 3.05) is 0 Å². The van der Waals surface area contributed by atoms with Gasteiger partial charge in [0.1, 0.15) is 5.60 Å². The minimum absolute atomic E-state index is 0.331. The molecule has 0 spiro atoms. The molecule has 3 aliphatic rings. The maximum Gasteiger partial charge on any atom is 0.230 e. The minimum Gasteiger partial charge on any atom is -0.381 e. The maximum absolute atomic E-state index is 12.8. The van der Waals surface area contributed by atoms with E-state index in [1.165, 1.54) is 6.92 Å². The third-order valence-corrected chi connectivity index (χ3v) is 5.30. The van der Waals surface area contributed by atoms with Gasteiger partial charge < -0.3 is 5.11 Å². The Bertz CT molecular complexity index is 679. The maximum atomic E-state index is 12.8. The fourth-order valence-electron chi connectivity index (χ4n) is 4.59. The molecule has 1 fully saturated rings. The number of hydrogen-bond donors (Lipinski definition) is 1. The van der Waals surface area contributed by atoms with Crippen LogP contribution in [-0.2, 0) is 4.79 Å². The number of nitrogens with zero attached hydrogens (tertiary/aromatic N) is 1. The molecular formula is C17H19NO4. The van der Waals surface area contributed by atoms with Gasteiger partial charge in [0.15, 0.2) is 5.78 Å². The Morgan fingerprint density at radius 3 is 2.32 bits per heavy atom. The van der Waals surface area contributed by atoms with Gasteiger partial charge in [0.25, 0.3) is 0 Å². The first kappa shape index (κ1) is 14.9. The quantitative estimate of drug-likeness (QED) is 0.516. The Morgan fingerprint density at radius 1 is 1.18 bits per heavy atom. The summed E-state index contributed by atoms with van der Waals surface area (Å²) < 4.78 is 0. The van der Waals surface area contributed by atoms with Crippen molar-refractivity contribution in [1.82, 2.24) is 0 Å². The van der Waals surface area contributed by atoms with E-state index in [4.69, 9.17) is 0 Å². The Kier molecular flexibility index (Phi) is 3.04. The zero-order valence-electron chi connectivity index (χ0n) is 12.8. The third kappa shape index (κ3) is 1.72. The Labute approximate surface area is 128 Å². The third-order valence-electron chi connectivity index (χ3n) is 5.30. The highest BCUT2D eigenvalue weighted by Crippen LogP contribution is 2.58. The van der Waals surface area contributed by atoms with Crippen molar-refractivity contribution in [3.05, 3.63) is 57.7 Å². The lowest BCUT2D eigenvalue weighted by molar-refractivity contribution is -0.544. The molecule has 1 saturated carbocycles. The van der Waals surface area contributed by atoms with Crippen molar-refractivity contribution in [3.63, 3.8) is 0 Å². The van der Waals surface area contributed by atoms with Crippen LogP contribution in [0.25, 0.3) is 0 Å². The molecule has 0 aliphatic heterocycles. The molecule has 1 aromatic rings. The first-order chi connectivity index (χ1) is 10.2. The number of aliphatic hydroxyl groups is 1. The highest BCUT2D eigenvalue weighted by Gasteiger charge is 2.69. The van der Waals surface area contributed by atoms with Gasteiger partial charge in [-0.2, -0.15) is 0 Å². The van der Waals surface area contributed by atoms with Gasteiger partial charge in [-0.1, -0.05) is 42.0 Å². The van der Waals surface area contributed by atoms with E-state index < -0.39 is 28.9 Å².